The number of nitrogens with zero attached hydrogens (tertiary/aromatic N) is 2. The van der Waals surface area contributed by atoms with Crippen LogP contribution in [0.3, 0.4) is 0 Å². The summed E-state index contributed by atoms with van der Waals surface area (Å²) < 4.78 is 24.5. The van der Waals surface area contributed by atoms with Crippen molar-refractivity contribution in [3.8, 4) is 0 Å². The third-order valence-electron chi connectivity index (χ3n) is 5.16. The molecule has 2 saturated heterocycles. The monoisotopic (exact) mass is 506 g/mol. The zero-order chi connectivity index (χ0) is 18.9. The predicted octanol–water partition coefficient (Wildman–Crippen LogP) is 2.24. The molecule has 1 aromatic rings. The van der Waals surface area contributed by atoms with Gasteiger partial charge >= 0.3 is 0 Å². The zero-order valence-electron chi connectivity index (χ0n) is 16.5. The Balaban J connectivity index is 0.00000280. The van der Waals surface area contributed by atoms with Crippen LogP contribution in [0.5, 0.6) is 0 Å². The molecule has 0 bridgehead atoms. The summed E-state index contributed by atoms with van der Waals surface area (Å²) in [5.41, 5.74) is 0.862. The van der Waals surface area contributed by atoms with Crippen molar-refractivity contribution in [3.63, 3.8) is 0 Å². The van der Waals surface area contributed by atoms with Crippen molar-refractivity contribution in [2.45, 2.75) is 25.9 Å². The fourth-order valence-electron chi connectivity index (χ4n) is 3.71. The van der Waals surface area contributed by atoms with Crippen molar-refractivity contribution in [1.29, 1.82) is 0 Å². The highest BCUT2D eigenvalue weighted by molar-refractivity contribution is 14.0. The lowest BCUT2D eigenvalue weighted by Gasteiger charge is -2.37. The molecule has 6 nitrogen and oxygen atoms in total. The predicted molar refractivity (Wildman–Crippen MR) is 120 cm³/mol. The first kappa shape index (κ1) is 23.3. The van der Waals surface area contributed by atoms with Gasteiger partial charge in [-0.1, -0.05) is 12.1 Å². The van der Waals surface area contributed by atoms with E-state index in [1.165, 1.54) is 12.1 Å². The molecule has 2 heterocycles. The molecular formula is C20H32FIN4O2. The number of morpholine rings is 1. The van der Waals surface area contributed by atoms with E-state index < -0.39 is 0 Å². The van der Waals surface area contributed by atoms with Crippen molar-refractivity contribution >= 4 is 29.9 Å². The van der Waals surface area contributed by atoms with Crippen LogP contribution in [0.4, 0.5) is 4.39 Å². The van der Waals surface area contributed by atoms with Gasteiger partial charge in [0.25, 0.3) is 0 Å². The quantitative estimate of drug-likeness (QED) is 0.338. The molecule has 1 aromatic carbocycles. The Morgan fingerprint density at radius 3 is 2.75 bits per heavy atom. The SMILES string of the molecule is CCNC(=NCc1cccc(F)c1)NCC(C1CCOC1)N1CCOCC1.I. The van der Waals surface area contributed by atoms with Gasteiger partial charge in [-0.3, -0.25) is 4.90 Å². The second-order valence-electron chi connectivity index (χ2n) is 7.05. The van der Waals surface area contributed by atoms with Crippen LogP contribution in [-0.2, 0) is 16.0 Å². The smallest absolute Gasteiger partial charge is 0.191 e. The van der Waals surface area contributed by atoms with E-state index in [1.807, 2.05) is 13.0 Å². The summed E-state index contributed by atoms with van der Waals surface area (Å²) >= 11 is 0. The first-order chi connectivity index (χ1) is 13.3. The van der Waals surface area contributed by atoms with Gasteiger partial charge in [-0.15, -0.1) is 24.0 Å². The fourth-order valence-corrected chi connectivity index (χ4v) is 3.71. The zero-order valence-corrected chi connectivity index (χ0v) is 18.9. The minimum Gasteiger partial charge on any atom is -0.381 e. The molecule has 0 aromatic heterocycles. The normalized spacial score (nSPS) is 21.8. The minimum atomic E-state index is -0.228. The topological polar surface area (TPSA) is 58.1 Å². The van der Waals surface area contributed by atoms with Crippen LogP contribution in [0.2, 0.25) is 0 Å². The molecule has 0 amide bonds. The Bertz CT molecular complexity index is 608. The number of aliphatic imine (C=N–C) groups is 1. The van der Waals surface area contributed by atoms with Crippen LogP contribution < -0.4 is 10.6 Å². The van der Waals surface area contributed by atoms with E-state index in [0.29, 0.717) is 18.5 Å². The molecule has 2 N–H and O–H groups in total. The standard InChI is InChI=1S/C20H31FN4O2.HI/c1-2-22-20(23-13-16-4-3-5-18(21)12-16)24-14-19(17-6-9-27-15-17)25-7-10-26-11-8-25;/h3-5,12,17,19H,2,6-11,13-15H2,1H3,(H2,22,23,24);1H. The number of ether oxygens (including phenoxy) is 2. The molecule has 2 unspecified atom stereocenters. The Labute approximate surface area is 184 Å². The van der Waals surface area contributed by atoms with Gasteiger partial charge < -0.3 is 20.1 Å². The number of rotatable bonds is 7. The third-order valence-corrected chi connectivity index (χ3v) is 5.16. The molecular weight excluding hydrogens is 474 g/mol. The highest BCUT2D eigenvalue weighted by atomic mass is 127. The lowest BCUT2D eigenvalue weighted by Crippen LogP contribution is -2.53. The van der Waals surface area contributed by atoms with E-state index >= 15 is 0 Å². The molecule has 2 atom stereocenters. The van der Waals surface area contributed by atoms with Crippen LogP contribution in [0, 0.1) is 11.7 Å². The lowest BCUT2D eigenvalue weighted by atomic mass is 9.97. The number of halogens is 2. The molecule has 0 saturated carbocycles. The maximum absolute atomic E-state index is 13.4. The van der Waals surface area contributed by atoms with E-state index in [0.717, 1.165) is 70.6 Å². The van der Waals surface area contributed by atoms with Crippen molar-refractivity contribution in [2.24, 2.45) is 10.9 Å². The lowest BCUT2D eigenvalue weighted by molar-refractivity contribution is 0.00246. The number of hydrogen-bond donors (Lipinski definition) is 2. The van der Waals surface area contributed by atoms with E-state index in [4.69, 9.17) is 9.47 Å². The molecule has 2 fully saturated rings. The summed E-state index contributed by atoms with van der Waals surface area (Å²) in [6, 6.07) is 6.99. The Morgan fingerprint density at radius 1 is 1.25 bits per heavy atom. The van der Waals surface area contributed by atoms with Crippen LogP contribution in [0.1, 0.15) is 18.9 Å². The Morgan fingerprint density at radius 2 is 2.07 bits per heavy atom. The molecule has 0 radical (unpaired) electrons. The van der Waals surface area contributed by atoms with Gasteiger partial charge in [-0.05, 0) is 31.0 Å². The van der Waals surface area contributed by atoms with Crippen molar-refractivity contribution in [3.05, 3.63) is 35.6 Å². The number of benzene rings is 1. The summed E-state index contributed by atoms with van der Waals surface area (Å²) in [4.78, 5) is 7.13. The number of hydrogen-bond acceptors (Lipinski definition) is 4. The van der Waals surface area contributed by atoms with Gasteiger partial charge in [0, 0.05) is 44.7 Å². The van der Waals surface area contributed by atoms with Gasteiger partial charge in [0.15, 0.2) is 5.96 Å². The van der Waals surface area contributed by atoms with Gasteiger partial charge in [0.2, 0.25) is 0 Å². The summed E-state index contributed by atoms with van der Waals surface area (Å²) in [5, 5.41) is 6.77. The van der Waals surface area contributed by atoms with Gasteiger partial charge in [-0.25, -0.2) is 9.38 Å². The maximum Gasteiger partial charge on any atom is 0.191 e. The Kier molecular flexibility index (Phi) is 10.5. The molecule has 158 valence electrons. The molecule has 8 heteroatoms. The summed E-state index contributed by atoms with van der Waals surface area (Å²) in [6.07, 6.45) is 1.10. The third kappa shape index (κ3) is 7.13. The first-order valence-corrected chi connectivity index (χ1v) is 9.92. The van der Waals surface area contributed by atoms with Crippen LogP contribution in [0.15, 0.2) is 29.3 Å². The van der Waals surface area contributed by atoms with E-state index in [9.17, 15) is 4.39 Å². The largest absolute Gasteiger partial charge is 0.381 e. The summed E-state index contributed by atoms with van der Waals surface area (Å²) in [7, 11) is 0. The van der Waals surface area contributed by atoms with E-state index in [-0.39, 0.29) is 29.8 Å². The highest BCUT2D eigenvalue weighted by Gasteiger charge is 2.31. The van der Waals surface area contributed by atoms with Crippen LogP contribution >= 0.6 is 24.0 Å². The molecule has 0 spiro atoms. The molecule has 28 heavy (non-hydrogen) atoms. The Hall–Kier alpha value is -0.970. The highest BCUT2D eigenvalue weighted by Crippen LogP contribution is 2.21. The minimum absolute atomic E-state index is 0. The summed E-state index contributed by atoms with van der Waals surface area (Å²) in [5.74, 6) is 1.06. The molecule has 2 aliphatic rings. The average molecular weight is 506 g/mol. The van der Waals surface area contributed by atoms with E-state index in [2.05, 4.69) is 20.5 Å². The second-order valence-corrected chi connectivity index (χ2v) is 7.05. The second kappa shape index (κ2) is 12.6. The maximum atomic E-state index is 13.4. The molecule has 2 aliphatic heterocycles. The summed E-state index contributed by atoms with van der Waals surface area (Å²) in [6.45, 7) is 9.24. The van der Waals surface area contributed by atoms with Gasteiger partial charge in [-0.2, -0.15) is 0 Å². The molecule has 3 rings (SSSR count). The number of guanidine groups is 1. The van der Waals surface area contributed by atoms with Gasteiger partial charge in [0.05, 0.1) is 26.4 Å². The van der Waals surface area contributed by atoms with Crippen molar-refractivity contribution in [1.82, 2.24) is 15.5 Å². The molecule has 0 aliphatic carbocycles. The average Bonchev–Trinajstić information content (AvgIpc) is 3.21. The fraction of sp³-hybridized carbons (Fsp3) is 0.650. The first-order valence-electron chi connectivity index (χ1n) is 9.92. The van der Waals surface area contributed by atoms with Crippen molar-refractivity contribution in [2.75, 3.05) is 52.6 Å². The van der Waals surface area contributed by atoms with E-state index in [1.54, 1.807) is 6.07 Å². The van der Waals surface area contributed by atoms with Gasteiger partial charge in [0.1, 0.15) is 5.82 Å². The van der Waals surface area contributed by atoms with Crippen molar-refractivity contribution < 1.29 is 13.9 Å². The van der Waals surface area contributed by atoms with Crippen LogP contribution in [-0.4, -0.2) is 69.5 Å². The number of nitrogens with one attached hydrogen (secondary N) is 2. The van der Waals surface area contributed by atoms with Crippen LogP contribution in [0.25, 0.3) is 0 Å².